The number of phenolic OH excluding ortho intramolecular Hbond substituents is 1. The van der Waals surface area contributed by atoms with Gasteiger partial charge in [-0.1, -0.05) is 12.1 Å². The molecule has 0 atom stereocenters. The Bertz CT molecular complexity index is 719. The van der Waals surface area contributed by atoms with E-state index in [0.717, 1.165) is 12.1 Å². The van der Waals surface area contributed by atoms with Gasteiger partial charge in [-0.25, -0.2) is 8.42 Å². The summed E-state index contributed by atoms with van der Waals surface area (Å²) in [6.45, 7) is 0. The maximum atomic E-state index is 10.8. The second kappa shape index (κ2) is 6.81. The molecule has 6 nitrogen and oxygen atoms in total. The van der Waals surface area contributed by atoms with E-state index in [4.69, 9.17) is 0 Å². The van der Waals surface area contributed by atoms with Crippen molar-refractivity contribution in [2.45, 2.75) is 4.90 Å². The number of nitroso groups, excluding NO2 is 1. The van der Waals surface area contributed by atoms with Crippen LogP contribution in [0, 0.1) is 4.91 Å². The first kappa shape index (κ1) is 18.5. The molecule has 0 aliphatic rings. The van der Waals surface area contributed by atoms with Crippen molar-refractivity contribution in [3.63, 3.8) is 0 Å². The Balaban J connectivity index is 0.00000162. The second-order valence-electron chi connectivity index (χ2n) is 3.36. The van der Waals surface area contributed by atoms with Crippen LogP contribution >= 0.6 is 0 Å². The summed E-state index contributed by atoms with van der Waals surface area (Å²) in [7, 11) is -4.55. The summed E-state index contributed by atoms with van der Waals surface area (Å²) in [4.78, 5) is 10.1. The predicted molar refractivity (Wildman–Crippen MR) is 59.0 cm³/mol. The molecule has 0 unspecified atom stereocenters. The standard InChI is InChI=1S/C10H7NO5S.Fe.Na/c12-9-4-1-6-5-7(17(14,15)16)2-3-8(6)10(9)11-13;;/h1-5,12H,(H,14,15,16);;/q;;+1/p-1. The summed E-state index contributed by atoms with van der Waals surface area (Å²) in [5.74, 6) is -0.301. The molecule has 0 spiro atoms. The molecule has 2 aromatic rings. The largest absolute Gasteiger partial charge is 1.00 e. The van der Waals surface area contributed by atoms with Gasteiger partial charge in [0, 0.05) is 22.5 Å². The molecular weight excluding hydrogens is 325 g/mol. The SMILES string of the molecule is O=Nc1c(O)ccc2cc(S(=O)(=O)[O-])ccc12.[Fe].[Na+]. The molecule has 2 aromatic carbocycles. The fraction of sp³-hybridized carbons (Fsp3) is 0. The summed E-state index contributed by atoms with van der Waals surface area (Å²) in [5, 5.41) is 12.7. The topological polar surface area (TPSA) is 107 Å². The number of hydrogen-bond acceptors (Lipinski definition) is 6. The molecule has 96 valence electrons. The van der Waals surface area contributed by atoms with Gasteiger partial charge in [0.15, 0.2) is 5.69 Å². The first-order chi connectivity index (χ1) is 7.93. The Labute approximate surface area is 141 Å². The molecule has 0 bridgehead atoms. The molecule has 0 radical (unpaired) electrons. The van der Waals surface area contributed by atoms with Crippen LogP contribution in [0.3, 0.4) is 0 Å². The van der Waals surface area contributed by atoms with Crippen molar-refractivity contribution in [2.24, 2.45) is 5.18 Å². The van der Waals surface area contributed by atoms with Crippen LogP contribution in [0.2, 0.25) is 0 Å². The first-order valence-corrected chi connectivity index (χ1v) is 5.89. The smallest absolute Gasteiger partial charge is 0.744 e. The Morgan fingerprint density at radius 1 is 1.16 bits per heavy atom. The van der Waals surface area contributed by atoms with Gasteiger partial charge in [-0.15, -0.1) is 4.91 Å². The minimum Gasteiger partial charge on any atom is -0.744 e. The van der Waals surface area contributed by atoms with Crippen molar-refractivity contribution >= 4 is 26.6 Å². The summed E-state index contributed by atoms with van der Waals surface area (Å²) in [5.41, 5.74) is -0.183. The van der Waals surface area contributed by atoms with Crippen LogP contribution in [0.4, 0.5) is 5.69 Å². The monoisotopic (exact) mass is 331 g/mol. The van der Waals surface area contributed by atoms with Crippen LogP contribution in [0.25, 0.3) is 10.8 Å². The zero-order valence-electron chi connectivity index (χ0n) is 9.68. The number of aromatic hydroxyl groups is 1. The van der Waals surface area contributed by atoms with E-state index in [9.17, 15) is 23.0 Å². The van der Waals surface area contributed by atoms with Gasteiger partial charge in [0.1, 0.15) is 15.9 Å². The number of nitrogens with zero attached hydrogens (tertiary/aromatic N) is 1. The van der Waals surface area contributed by atoms with Crippen LogP contribution in [0.1, 0.15) is 0 Å². The Morgan fingerprint density at radius 3 is 2.32 bits per heavy atom. The third kappa shape index (κ3) is 3.76. The van der Waals surface area contributed by atoms with Crippen molar-refractivity contribution in [2.75, 3.05) is 0 Å². The first-order valence-electron chi connectivity index (χ1n) is 4.48. The Hall–Kier alpha value is -0.471. The fourth-order valence-corrected chi connectivity index (χ4v) is 2.04. The zero-order valence-corrected chi connectivity index (χ0v) is 13.6. The third-order valence-electron chi connectivity index (χ3n) is 2.32. The molecule has 1 N–H and O–H groups in total. The average molecular weight is 331 g/mol. The molecule has 0 saturated heterocycles. The molecule has 0 fully saturated rings. The van der Waals surface area contributed by atoms with Gasteiger partial charge in [-0.05, 0) is 28.8 Å². The van der Waals surface area contributed by atoms with E-state index in [1.54, 1.807) is 0 Å². The molecule has 0 amide bonds. The van der Waals surface area contributed by atoms with E-state index < -0.39 is 15.0 Å². The van der Waals surface area contributed by atoms with Gasteiger partial charge in [0.25, 0.3) is 0 Å². The van der Waals surface area contributed by atoms with E-state index in [1.807, 2.05) is 0 Å². The van der Waals surface area contributed by atoms with E-state index in [-0.39, 0.29) is 63.4 Å². The molecule has 0 aliphatic carbocycles. The maximum absolute atomic E-state index is 10.8. The summed E-state index contributed by atoms with van der Waals surface area (Å²) in [6.07, 6.45) is 0. The summed E-state index contributed by atoms with van der Waals surface area (Å²) >= 11 is 0. The number of rotatable bonds is 2. The molecule has 0 aliphatic heterocycles. The van der Waals surface area contributed by atoms with Crippen LogP contribution in [0.15, 0.2) is 40.4 Å². The molecule has 0 saturated carbocycles. The van der Waals surface area contributed by atoms with Crippen LogP contribution < -0.4 is 29.6 Å². The normalized spacial score (nSPS) is 10.4. The predicted octanol–water partition coefficient (Wildman–Crippen LogP) is -1.15. The molecular formula is C10H6FeNNaO5S. The number of hydrogen-bond donors (Lipinski definition) is 1. The van der Waals surface area contributed by atoms with E-state index in [2.05, 4.69) is 5.18 Å². The fourth-order valence-electron chi connectivity index (χ4n) is 1.53. The Kier molecular flexibility index (Phi) is 6.64. The number of fused-ring (bicyclic) bond motifs is 1. The summed E-state index contributed by atoms with van der Waals surface area (Å²) in [6, 6.07) is 6.06. The van der Waals surface area contributed by atoms with Crippen LogP contribution in [-0.2, 0) is 27.2 Å². The van der Waals surface area contributed by atoms with Gasteiger partial charge < -0.3 is 9.66 Å². The van der Waals surface area contributed by atoms with Gasteiger partial charge in [0.05, 0.1) is 4.90 Å². The number of phenols is 1. The van der Waals surface area contributed by atoms with Crippen molar-refractivity contribution in [3.8, 4) is 5.75 Å². The van der Waals surface area contributed by atoms with Crippen molar-refractivity contribution < 1.29 is 64.7 Å². The molecule has 9 heteroatoms. The van der Waals surface area contributed by atoms with E-state index in [1.165, 1.54) is 18.2 Å². The van der Waals surface area contributed by atoms with Gasteiger partial charge >= 0.3 is 29.6 Å². The molecule has 0 aromatic heterocycles. The molecule has 0 heterocycles. The minimum atomic E-state index is -4.55. The van der Waals surface area contributed by atoms with Gasteiger partial charge in [-0.3, -0.25) is 0 Å². The molecule has 19 heavy (non-hydrogen) atoms. The number of benzene rings is 2. The van der Waals surface area contributed by atoms with E-state index >= 15 is 0 Å². The van der Waals surface area contributed by atoms with Crippen LogP contribution in [0.5, 0.6) is 5.75 Å². The maximum Gasteiger partial charge on any atom is 1.00 e. The van der Waals surface area contributed by atoms with Crippen molar-refractivity contribution in [1.29, 1.82) is 0 Å². The quantitative estimate of drug-likeness (QED) is 0.425. The third-order valence-corrected chi connectivity index (χ3v) is 3.15. The average Bonchev–Trinajstić information content (AvgIpc) is 2.27. The van der Waals surface area contributed by atoms with Gasteiger partial charge in [0.2, 0.25) is 0 Å². The van der Waals surface area contributed by atoms with Gasteiger partial charge in [-0.2, -0.15) is 0 Å². The van der Waals surface area contributed by atoms with E-state index in [0.29, 0.717) is 5.39 Å². The zero-order chi connectivity index (χ0) is 12.6. The molecule has 2 rings (SSSR count). The Morgan fingerprint density at radius 2 is 1.79 bits per heavy atom. The minimum absolute atomic E-state index is 0. The van der Waals surface area contributed by atoms with Crippen molar-refractivity contribution in [1.82, 2.24) is 0 Å². The van der Waals surface area contributed by atoms with Crippen molar-refractivity contribution in [3.05, 3.63) is 35.2 Å². The van der Waals surface area contributed by atoms with Crippen LogP contribution in [-0.4, -0.2) is 18.1 Å². The second-order valence-corrected chi connectivity index (χ2v) is 4.74. The summed E-state index contributed by atoms with van der Waals surface area (Å²) < 4.78 is 32.4.